The van der Waals surface area contributed by atoms with E-state index in [-0.39, 0.29) is 30.2 Å². The summed E-state index contributed by atoms with van der Waals surface area (Å²) in [6, 6.07) is -0.0141. The first-order valence-electron chi connectivity index (χ1n) is 13.9. The van der Waals surface area contributed by atoms with E-state index in [0.717, 1.165) is 70.1 Å². The highest BCUT2D eigenvalue weighted by atomic mass is 16.6. The molecule has 3 saturated heterocycles. The van der Waals surface area contributed by atoms with Crippen LogP contribution < -0.4 is 10.6 Å². The molecule has 4 rings (SSSR count). The lowest BCUT2D eigenvalue weighted by Crippen LogP contribution is -2.51. The summed E-state index contributed by atoms with van der Waals surface area (Å²) in [6.07, 6.45) is 11.7. The van der Waals surface area contributed by atoms with E-state index < -0.39 is 0 Å². The fourth-order valence-electron chi connectivity index (χ4n) is 5.91. The van der Waals surface area contributed by atoms with E-state index in [0.29, 0.717) is 37.3 Å². The van der Waals surface area contributed by atoms with Crippen LogP contribution in [0.2, 0.25) is 0 Å². The summed E-state index contributed by atoms with van der Waals surface area (Å²) in [5, 5.41) is 0. The van der Waals surface area contributed by atoms with Gasteiger partial charge in [0, 0.05) is 57.6 Å². The molecule has 3 aliphatic heterocycles. The number of carbonyl (C=O) groups excluding carboxylic acids is 2. The summed E-state index contributed by atoms with van der Waals surface area (Å²) in [7, 11) is 0. The molecule has 0 aromatic carbocycles. The van der Waals surface area contributed by atoms with Gasteiger partial charge in [-0.1, -0.05) is 13.3 Å². The second-order valence-corrected chi connectivity index (χ2v) is 11.2. The molecule has 9 nitrogen and oxygen atoms in total. The van der Waals surface area contributed by atoms with Gasteiger partial charge in [-0.15, -0.1) is 0 Å². The average Bonchev–Trinajstić information content (AvgIpc) is 3.25. The molecule has 1 aromatic heterocycles. The van der Waals surface area contributed by atoms with Crippen molar-refractivity contribution in [3.05, 3.63) is 18.0 Å². The third kappa shape index (κ3) is 6.66. The summed E-state index contributed by atoms with van der Waals surface area (Å²) < 4.78 is 5.33. The van der Waals surface area contributed by atoms with Crippen LogP contribution >= 0.6 is 0 Å². The maximum Gasteiger partial charge on any atom is 0.410 e. The molecule has 4 heterocycles. The van der Waals surface area contributed by atoms with Crippen molar-refractivity contribution in [2.75, 3.05) is 37.6 Å². The van der Waals surface area contributed by atoms with Gasteiger partial charge < -0.3 is 25.2 Å². The minimum Gasteiger partial charge on any atom is -0.447 e. The lowest BCUT2D eigenvalue weighted by molar-refractivity contribution is -0.135. The summed E-state index contributed by atoms with van der Waals surface area (Å²) in [6.45, 7) is 9.91. The molecular formula is C27H44N6O3. The van der Waals surface area contributed by atoms with E-state index in [9.17, 15) is 9.59 Å². The summed E-state index contributed by atoms with van der Waals surface area (Å²) >= 11 is 0. The Morgan fingerprint density at radius 3 is 2.50 bits per heavy atom. The zero-order valence-electron chi connectivity index (χ0n) is 22.3. The van der Waals surface area contributed by atoms with E-state index in [1.807, 2.05) is 36.0 Å². The van der Waals surface area contributed by atoms with Gasteiger partial charge in [0.15, 0.2) is 0 Å². The molecule has 9 heteroatoms. The molecule has 3 fully saturated rings. The first-order valence-corrected chi connectivity index (χ1v) is 13.9. The highest BCUT2D eigenvalue weighted by Gasteiger charge is 2.38. The maximum absolute atomic E-state index is 12.3. The number of amides is 2. The number of hydrogen-bond donors (Lipinski definition) is 1. The van der Waals surface area contributed by atoms with E-state index in [1.54, 1.807) is 0 Å². The molecule has 1 aromatic rings. The highest BCUT2D eigenvalue weighted by molar-refractivity contribution is 5.77. The predicted octanol–water partition coefficient (Wildman–Crippen LogP) is 3.22. The number of ether oxygens (including phenoxy) is 1. The molecular weight excluding hydrogens is 456 g/mol. The van der Waals surface area contributed by atoms with E-state index in [1.165, 1.54) is 0 Å². The Kier molecular flexibility index (Phi) is 9.04. The van der Waals surface area contributed by atoms with Gasteiger partial charge in [0.2, 0.25) is 11.9 Å². The fraction of sp³-hybridized carbons (Fsp3) is 0.778. The van der Waals surface area contributed by atoms with Crippen LogP contribution in [0.15, 0.2) is 12.4 Å². The van der Waals surface area contributed by atoms with Gasteiger partial charge in [0.25, 0.3) is 0 Å². The van der Waals surface area contributed by atoms with E-state index >= 15 is 0 Å². The van der Waals surface area contributed by atoms with Crippen molar-refractivity contribution in [2.45, 2.75) is 90.3 Å². The first kappa shape index (κ1) is 26.6. The Morgan fingerprint density at radius 2 is 1.83 bits per heavy atom. The second kappa shape index (κ2) is 12.2. The number of carbonyl (C=O) groups is 2. The molecule has 3 atom stereocenters. The topological polar surface area (TPSA) is 105 Å². The normalized spacial score (nSPS) is 24.5. The van der Waals surface area contributed by atoms with Crippen LogP contribution in [0.3, 0.4) is 0 Å². The number of likely N-dealkylation sites (tertiary alicyclic amines) is 2. The summed E-state index contributed by atoms with van der Waals surface area (Å²) in [5.41, 5.74) is 7.57. The monoisotopic (exact) mass is 500 g/mol. The van der Waals surface area contributed by atoms with Crippen LogP contribution in [0.1, 0.15) is 71.3 Å². The second-order valence-electron chi connectivity index (χ2n) is 11.2. The SMILES string of the molecule is CC(C)OC(=O)N1CCC([C@H](C)CCCc2cnc(N3C[C@@H](N)[C@@H](N4CCCCC4=O)C3)nc2)CC1. The van der Waals surface area contributed by atoms with Crippen molar-refractivity contribution in [2.24, 2.45) is 17.6 Å². The number of piperidine rings is 2. The first-order chi connectivity index (χ1) is 17.3. The molecule has 0 bridgehead atoms. The Bertz CT molecular complexity index is 871. The zero-order chi connectivity index (χ0) is 25.7. The van der Waals surface area contributed by atoms with Gasteiger partial charge in [-0.2, -0.15) is 0 Å². The molecule has 0 unspecified atom stereocenters. The van der Waals surface area contributed by atoms with Gasteiger partial charge >= 0.3 is 6.09 Å². The molecule has 0 aliphatic carbocycles. The third-order valence-corrected chi connectivity index (χ3v) is 8.13. The smallest absolute Gasteiger partial charge is 0.410 e. The van der Waals surface area contributed by atoms with Crippen molar-refractivity contribution in [1.82, 2.24) is 19.8 Å². The van der Waals surface area contributed by atoms with Gasteiger partial charge in [0.05, 0.1) is 12.1 Å². The van der Waals surface area contributed by atoms with Crippen LogP contribution in [0.5, 0.6) is 0 Å². The number of anilines is 1. The zero-order valence-corrected chi connectivity index (χ0v) is 22.3. The van der Waals surface area contributed by atoms with Crippen LogP contribution in [0, 0.1) is 11.8 Å². The van der Waals surface area contributed by atoms with Crippen LogP contribution in [0.4, 0.5) is 10.7 Å². The van der Waals surface area contributed by atoms with Crippen LogP contribution in [-0.4, -0.2) is 82.7 Å². The molecule has 200 valence electrons. The third-order valence-electron chi connectivity index (χ3n) is 8.13. The molecule has 0 saturated carbocycles. The average molecular weight is 501 g/mol. The number of nitrogens with zero attached hydrogens (tertiary/aromatic N) is 5. The molecule has 2 amide bonds. The van der Waals surface area contributed by atoms with Crippen LogP contribution in [0.25, 0.3) is 0 Å². The molecule has 0 spiro atoms. The minimum atomic E-state index is -0.175. The molecule has 2 N–H and O–H groups in total. The standard InChI is InChI=1S/C27H44N6O3/c1-19(2)36-27(35)31-13-10-22(11-14-31)20(3)7-6-8-21-15-29-26(30-16-21)32-17-23(28)24(18-32)33-12-5-4-9-25(33)34/h15-16,19-20,22-24H,4-14,17-18,28H2,1-3H3/t20-,23-,24+/m1/s1. The lowest BCUT2D eigenvalue weighted by atomic mass is 9.82. The maximum atomic E-state index is 12.3. The molecule has 36 heavy (non-hydrogen) atoms. The van der Waals surface area contributed by atoms with Crippen LogP contribution in [-0.2, 0) is 16.0 Å². The fourth-order valence-corrected chi connectivity index (χ4v) is 5.91. The molecule has 3 aliphatic rings. The van der Waals surface area contributed by atoms with Crippen molar-refractivity contribution in [3.8, 4) is 0 Å². The minimum absolute atomic E-state index is 0.0512. The predicted molar refractivity (Wildman–Crippen MR) is 140 cm³/mol. The van der Waals surface area contributed by atoms with E-state index in [2.05, 4.69) is 21.8 Å². The summed E-state index contributed by atoms with van der Waals surface area (Å²) in [5.74, 6) is 2.23. The lowest BCUT2D eigenvalue weighted by Gasteiger charge is -2.34. The number of aromatic nitrogens is 2. The quantitative estimate of drug-likeness (QED) is 0.584. The van der Waals surface area contributed by atoms with Gasteiger partial charge in [-0.05, 0) is 69.8 Å². The number of aryl methyl sites for hydroxylation is 1. The Labute approximate surface area is 215 Å². The van der Waals surface area contributed by atoms with Crippen molar-refractivity contribution in [3.63, 3.8) is 0 Å². The Hall–Kier alpha value is -2.42. The Morgan fingerprint density at radius 1 is 1.11 bits per heavy atom. The highest BCUT2D eigenvalue weighted by Crippen LogP contribution is 2.29. The number of hydrogen-bond acceptors (Lipinski definition) is 7. The van der Waals surface area contributed by atoms with Crippen molar-refractivity contribution in [1.29, 1.82) is 0 Å². The number of nitrogens with two attached hydrogens (primary N) is 1. The van der Waals surface area contributed by atoms with Crippen molar-refractivity contribution >= 4 is 17.9 Å². The Balaban J connectivity index is 1.19. The molecule has 0 radical (unpaired) electrons. The van der Waals surface area contributed by atoms with Crippen molar-refractivity contribution < 1.29 is 14.3 Å². The van der Waals surface area contributed by atoms with Gasteiger partial charge in [-0.25, -0.2) is 14.8 Å². The van der Waals surface area contributed by atoms with Gasteiger partial charge in [0.1, 0.15) is 0 Å². The van der Waals surface area contributed by atoms with Gasteiger partial charge in [-0.3, -0.25) is 4.79 Å². The van der Waals surface area contributed by atoms with E-state index in [4.69, 9.17) is 10.5 Å². The largest absolute Gasteiger partial charge is 0.447 e. The number of rotatable bonds is 8. The summed E-state index contributed by atoms with van der Waals surface area (Å²) in [4.78, 5) is 39.7.